The van der Waals surface area contributed by atoms with E-state index in [1.54, 1.807) is 19.2 Å². The highest BCUT2D eigenvalue weighted by Crippen LogP contribution is 2.33. The van der Waals surface area contributed by atoms with Gasteiger partial charge in [-0.3, -0.25) is 0 Å². The van der Waals surface area contributed by atoms with E-state index in [1.165, 1.54) is 0 Å². The molecule has 1 N–H and O–H groups in total. The highest BCUT2D eigenvalue weighted by Gasteiger charge is 2.15. The molecule has 0 bridgehead atoms. The van der Waals surface area contributed by atoms with Crippen molar-refractivity contribution in [2.45, 2.75) is 6.92 Å². The largest absolute Gasteiger partial charge is 0.491 e. The Morgan fingerprint density at radius 2 is 1.86 bits per heavy atom. The van der Waals surface area contributed by atoms with Gasteiger partial charge >= 0.3 is 5.97 Å². The first-order chi connectivity index (χ1) is 10.1. The number of ether oxygens (including phenoxy) is 2. The summed E-state index contributed by atoms with van der Waals surface area (Å²) in [4.78, 5) is 11.4. The molecule has 0 fully saturated rings. The number of aromatic carboxylic acids is 1. The van der Waals surface area contributed by atoms with E-state index >= 15 is 0 Å². The first kappa shape index (κ1) is 15.1. The van der Waals surface area contributed by atoms with Gasteiger partial charge < -0.3 is 14.6 Å². The molecule has 0 atom stereocenters. The summed E-state index contributed by atoms with van der Waals surface area (Å²) >= 11 is 0. The molecule has 0 spiro atoms. The summed E-state index contributed by atoms with van der Waals surface area (Å²) < 4.78 is 10.7. The number of carbonyl (C=O) groups is 1. The summed E-state index contributed by atoms with van der Waals surface area (Å²) in [5, 5.41) is 9.36. The topological polar surface area (TPSA) is 55.8 Å². The lowest BCUT2D eigenvalue weighted by molar-refractivity contribution is 0.0697. The van der Waals surface area contributed by atoms with Gasteiger partial charge in [0.05, 0.1) is 12.2 Å². The summed E-state index contributed by atoms with van der Waals surface area (Å²) in [6.07, 6.45) is 0. The molecule has 0 aliphatic heterocycles. The normalized spacial score (nSPS) is 10.4. The quantitative estimate of drug-likeness (QED) is 0.827. The fraction of sp³-hybridized carbons (Fsp3) is 0.235. The molecule has 0 radical (unpaired) electrons. The summed E-state index contributed by atoms with van der Waals surface area (Å²) in [5.41, 5.74) is 2.70. The van der Waals surface area contributed by atoms with Crippen LogP contribution in [-0.2, 0) is 4.74 Å². The van der Waals surface area contributed by atoms with Gasteiger partial charge in [0.15, 0.2) is 0 Å². The molecule has 0 unspecified atom stereocenters. The minimum Gasteiger partial charge on any atom is -0.491 e. The molecular formula is C17H18O4. The first-order valence-electron chi connectivity index (χ1n) is 6.68. The molecule has 4 heteroatoms. The summed E-state index contributed by atoms with van der Waals surface area (Å²) in [7, 11) is 1.61. The van der Waals surface area contributed by atoms with Crippen molar-refractivity contribution in [1.29, 1.82) is 0 Å². The Hall–Kier alpha value is -2.33. The van der Waals surface area contributed by atoms with Crippen molar-refractivity contribution in [3.8, 4) is 16.9 Å². The second-order valence-electron chi connectivity index (χ2n) is 4.69. The highest BCUT2D eigenvalue weighted by molar-refractivity contribution is 5.97. The monoisotopic (exact) mass is 286 g/mol. The van der Waals surface area contributed by atoms with E-state index in [4.69, 9.17) is 9.47 Å². The Labute approximate surface area is 123 Å². The van der Waals surface area contributed by atoms with Gasteiger partial charge in [0.2, 0.25) is 0 Å². The molecule has 110 valence electrons. The van der Waals surface area contributed by atoms with E-state index in [0.29, 0.717) is 24.5 Å². The molecule has 2 aromatic carbocycles. The van der Waals surface area contributed by atoms with Gasteiger partial charge in [0, 0.05) is 18.2 Å². The Balaban J connectivity index is 2.46. The van der Waals surface area contributed by atoms with E-state index in [1.807, 2.05) is 37.3 Å². The van der Waals surface area contributed by atoms with E-state index in [9.17, 15) is 9.90 Å². The number of rotatable bonds is 6. The van der Waals surface area contributed by atoms with Crippen LogP contribution in [0.1, 0.15) is 15.9 Å². The molecular weight excluding hydrogens is 268 g/mol. The zero-order chi connectivity index (χ0) is 15.2. The van der Waals surface area contributed by atoms with E-state index in [0.717, 1.165) is 11.1 Å². The van der Waals surface area contributed by atoms with Crippen molar-refractivity contribution in [3.63, 3.8) is 0 Å². The zero-order valence-electron chi connectivity index (χ0n) is 12.1. The standard InChI is InChI=1S/C17H18O4/c1-12-7-8-14(17(18)19)15(11-12)13-5-3-4-6-16(13)21-10-9-20-2/h3-8,11H,9-10H2,1-2H3,(H,18,19). The lowest BCUT2D eigenvalue weighted by Gasteiger charge is -2.13. The van der Waals surface area contributed by atoms with Crippen molar-refractivity contribution in [2.24, 2.45) is 0 Å². The van der Waals surface area contributed by atoms with E-state index in [2.05, 4.69) is 0 Å². The van der Waals surface area contributed by atoms with Crippen molar-refractivity contribution in [1.82, 2.24) is 0 Å². The fourth-order valence-electron chi connectivity index (χ4n) is 2.12. The Morgan fingerprint density at radius 3 is 2.57 bits per heavy atom. The van der Waals surface area contributed by atoms with Gasteiger partial charge in [-0.05, 0) is 19.1 Å². The van der Waals surface area contributed by atoms with Gasteiger partial charge in [-0.1, -0.05) is 35.9 Å². The predicted octanol–water partition coefficient (Wildman–Crippen LogP) is 3.39. The molecule has 2 rings (SSSR count). The highest BCUT2D eigenvalue weighted by atomic mass is 16.5. The van der Waals surface area contributed by atoms with Gasteiger partial charge in [-0.25, -0.2) is 4.79 Å². The average Bonchev–Trinajstić information content (AvgIpc) is 2.47. The van der Waals surface area contributed by atoms with Gasteiger partial charge in [0.25, 0.3) is 0 Å². The van der Waals surface area contributed by atoms with Crippen LogP contribution in [0, 0.1) is 6.92 Å². The number of benzene rings is 2. The number of methoxy groups -OCH3 is 1. The van der Waals surface area contributed by atoms with Crippen LogP contribution in [0.3, 0.4) is 0 Å². The zero-order valence-corrected chi connectivity index (χ0v) is 12.1. The Kier molecular flexibility index (Phi) is 4.95. The van der Waals surface area contributed by atoms with Gasteiger partial charge in [-0.15, -0.1) is 0 Å². The first-order valence-corrected chi connectivity index (χ1v) is 6.68. The van der Waals surface area contributed by atoms with Crippen LogP contribution in [-0.4, -0.2) is 31.4 Å². The second kappa shape index (κ2) is 6.90. The molecule has 0 saturated carbocycles. The Morgan fingerprint density at radius 1 is 1.10 bits per heavy atom. The SMILES string of the molecule is COCCOc1ccccc1-c1cc(C)ccc1C(=O)O. The van der Waals surface area contributed by atoms with Crippen LogP contribution in [0.15, 0.2) is 42.5 Å². The van der Waals surface area contributed by atoms with Crippen LogP contribution in [0.5, 0.6) is 5.75 Å². The number of carboxylic acids is 1. The maximum atomic E-state index is 11.4. The van der Waals surface area contributed by atoms with Crippen molar-refractivity contribution < 1.29 is 19.4 Å². The van der Waals surface area contributed by atoms with Crippen molar-refractivity contribution >= 4 is 5.97 Å². The maximum absolute atomic E-state index is 11.4. The second-order valence-corrected chi connectivity index (χ2v) is 4.69. The molecule has 21 heavy (non-hydrogen) atoms. The lowest BCUT2D eigenvalue weighted by atomic mass is 9.97. The molecule has 0 aromatic heterocycles. The number of carboxylic acid groups (broad SMARTS) is 1. The third kappa shape index (κ3) is 3.61. The molecule has 0 amide bonds. The molecule has 0 saturated heterocycles. The third-order valence-corrected chi connectivity index (χ3v) is 3.13. The number of hydrogen-bond donors (Lipinski definition) is 1. The smallest absolute Gasteiger partial charge is 0.336 e. The van der Waals surface area contributed by atoms with Crippen LogP contribution in [0.2, 0.25) is 0 Å². The van der Waals surface area contributed by atoms with Gasteiger partial charge in [-0.2, -0.15) is 0 Å². The van der Waals surface area contributed by atoms with Crippen molar-refractivity contribution in [2.75, 3.05) is 20.3 Å². The molecule has 0 aliphatic rings. The van der Waals surface area contributed by atoms with Gasteiger partial charge in [0.1, 0.15) is 12.4 Å². The van der Waals surface area contributed by atoms with E-state index < -0.39 is 5.97 Å². The Bertz CT molecular complexity index is 634. The number of aryl methyl sites for hydroxylation is 1. The summed E-state index contributed by atoms with van der Waals surface area (Å²) in [5.74, 6) is -0.292. The summed E-state index contributed by atoms with van der Waals surface area (Å²) in [6, 6.07) is 12.7. The predicted molar refractivity (Wildman–Crippen MR) is 80.9 cm³/mol. The minimum atomic E-state index is -0.948. The third-order valence-electron chi connectivity index (χ3n) is 3.13. The van der Waals surface area contributed by atoms with Crippen LogP contribution >= 0.6 is 0 Å². The number of hydrogen-bond acceptors (Lipinski definition) is 3. The lowest BCUT2D eigenvalue weighted by Crippen LogP contribution is -2.06. The molecule has 0 heterocycles. The molecule has 2 aromatic rings. The maximum Gasteiger partial charge on any atom is 0.336 e. The molecule has 4 nitrogen and oxygen atoms in total. The van der Waals surface area contributed by atoms with E-state index in [-0.39, 0.29) is 5.56 Å². The summed E-state index contributed by atoms with van der Waals surface area (Å²) in [6.45, 7) is 2.83. The van der Waals surface area contributed by atoms with Crippen LogP contribution in [0.4, 0.5) is 0 Å². The van der Waals surface area contributed by atoms with Crippen LogP contribution in [0.25, 0.3) is 11.1 Å². The van der Waals surface area contributed by atoms with Crippen LogP contribution < -0.4 is 4.74 Å². The molecule has 0 aliphatic carbocycles. The van der Waals surface area contributed by atoms with Crippen molar-refractivity contribution in [3.05, 3.63) is 53.6 Å². The fourth-order valence-corrected chi connectivity index (χ4v) is 2.12. The number of para-hydroxylation sites is 1. The minimum absolute atomic E-state index is 0.267. The average molecular weight is 286 g/mol.